The van der Waals surface area contributed by atoms with Crippen LogP contribution >= 0.6 is 0 Å². The van der Waals surface area contributed by atoms with Gasteiger partial charge in [0, 0.05) is 6.92 Å². The van der Waals surface area contributed by atoms with Crippen LogP contribution < -0.4 is 0 Å². The Morgan fingerprint density at radius 2 is 2.11 bits per heavy atom. The molecule has 1 aliphatic rings. The van der Waals surface area contributed by atoms with E-state index in [2.05, 4.69) is 0 Å². The number of esters is 1. The zero-order valence-corrected chi connectivity index (χ0v) is 10.2. The summed E-state index contributed by atoms with van der Waals surface area (Å²) < 4.78 is 16.0. The first-order valence-corrected chi connectivity index (χ1v) is 5.87. The third-order valence-corrected chi connectivity index (χ3v) is 2.48. The highest BCUT2D eigenvalue weighted by molar-refractivity contribution is 5.66. The standard InChI is InChI=1S/C14H16O4/c1-11(15)18-13-7-8-14(17-10-13)16-9-12-5-3-2-4-6-12/h2-8,13-14H,9-10H2,1H3/t13-,14+/m1/s1. The van der Waals surface area contributed by atoms with Gasteiger partial charge in [-0.3, -0.25) is 4.79 Å². The predicted molar refractivity (Wildman–Crippen MR) is 65.7 cm³/mol. The molecule has 0 bridgehead atoms. The fraction of sp³-hybridized carbons (Fsp3) is 0.357. The lowest BCUT2D eigenvalue weighted by Gasteiger charge is -2.23. The summed E-state index contributed by atoms with van der Waals surface area (Å²) in [5, 5.41) is 0. The molecule has 4 nitrogen and oxygen atoms in total. The summed E-state index contributed by atoms with van der Waals surface area (Å²) in [5.74, 6) is -0.308. The Morgan fingerprint density at radius 3 is 2.72 bits per heavy atom. The van der Waals surface area contributed by atoms with Crippen molar-refractivity contribution >= 4 is 5.97 Å². The quantitative estimate of drug-likeness (QED) is 0.604. The van der Waals surface area contributed by atoms with E-state index in [1.54, 1.807) is 12.2 Å². The second-order valence-electron chi connectivity index (χ2n) is 4.03. The molecule has 1 aromatic carbocycles. The molecule has 2 atom stereocenters. The Kier molecular flexibility index (Phi) is 4.50. The van der Waals surface area contributed by atoms with E-state index in [9.17, 15) is 4.79 Å². The van der Waals surface area contributed by atoms with Crippen LogP contribution in [0.4, 0.5) is 0 Å². The fourth-order valence-corrected chi connectivity index (χ4v) is 1.66. The number of hydrogen-bond acceptors (Lipinski definition) is 4. The summed E-state index contributed by atoms with van der Waals surface area (Å²) in [5.41, 5.74) is 1.09. The SMILES string of the molecule is CC(=O)O[C@@H]1C=C[C@@H](OCc2ccccc2)OC1. The molecule has 4 heteroatoms. The molecule has 0 saturated carbocycles. The molecule has 0 fully saturated rings. The molecule has 0 aliphatic carbocycles. The Balaban J connectivity index is 1.77. The summed E-state index contributed by atoms with van der Waals surface area (Å²) in [4.78, 5) is 10.8. The molecule has 96 valence electrons. The topological polar surface area (TPSA) is 44.8 Å². The van der Waals surface area contributed by atoms with Gasteiger partial charge in [0.2, 0.25) is 0 Å². The van der Waals surface area contributed by atoms with Crippen LogP contribution in [0.25, 0.3) is 0 Å². The van der Waals surface area contributed by atoms with Gasteiger partial charge in [-0.25, -0.2) is 0 Å². The van der Waals surface area contributed by atoms with Crippen molar-refractivity contribution in [1.29, 1.82) is 0 Å². The van der Waals surface area contributed by atoms with Gasteiger partial charge in [0.15, 0.2) is 6.29 Å². The Labute approximate surface area is 106 Å². The molecule has 0 saturated heterocycles. The maximum Gasteiger partial charge on any atom is 0.303 e. The molecule has 0 radical (unpaired) electrons. The number of carbonyl (C=O) groups is 1. The number of ether oxygens (including phenoxy) is 3. The van der Waals surface area contributed by atoms with Crippen molar-refractivity contribution in [2.45, 2.75) is 25.9 Å². The Bertz CT molecular complexity index is 413. The van der Waals surface area contributed by atoms with Crippen molar-refractivity contribution in [3.05, 3.63) is 48.0 Å². The third-order valence-electron chi connectivity index (χ3n) is 2.48. The van der Waals surface area contributed by atoms with E-state index >= 15 is 0 Å². The minimum Gasteiger partial charge on any atom is -0.456 e. The predicted octanol–water partition coefficient (Wildman–Crippen LogP) is 2.05. The molecule has 1 heterocycles. The van der Waals surface area contributed by atoms with Crippen LogP contribution in [0, 0.1) is 0 Å². The normalized spacial score (nSPS) is 22.7. The van der Waals surface area contributed by atoms with Gasteiger partial charge in [0.1, 0.15) is 6.10 Å². The molecule has 1 aromatic rings. The van der Waals surface area contributed by atoms with Crippen molar-refractivity contribution < 1.29 is 19.0 Å². The highest BCUT2D eigenvalue weighted by atomic mass is 16.7. The maximum absolute atomic E-state index is 10.8. The average Bonchev–Trinajstić information content (AvgIpc) is 2.38. The van der Waals surface area contributed by atoms with Crippen LogP contribution in [0.3, 0.4) is 0 Å². The van der Waals surface area contributed by atoms with E-state index in [1.807, 2.05) is 30.3 Å². The lowest BCUT2D eigenvalue weighted by atomic mass is 10.2. The highest BCUT2D eigenvalue weighted by Gasteiger charge is 2.18. The van der Waals surface area contributed by atoms with E-state index in [4.69, 9.17) is 14.2 Å². The van der Waals surface area contributed by atoms with Gasteiger partial charge in [-0.15, -0.1) is 0 Å². The van der Waals surface area contributed by atoms with Gasteiger partial charge >= 0.3 is 5.97 Å². The number of rotatable bonds is 4. The van der Waals surface area contributed by atoms with Gasteiger partial charge < -0.3 is 14.2 Å². The van der Waals surface area contributed by atoms with Gasteiger partial charge in [-0.1, -0.05) is 30.3 Å². The number of hydrogen-bond donors (Lipinski definition) is 0. The van der Waals surface area contributed by atoms with Crippen LogP contribution in [0.15, 0.2) is 42.5 Å². The lowest BCUT2D eigenvalue weighted by molar-refractivity contribution is -0.163. The summed E-state index contributed by atoms with van der Waals surface area (Å²) >= 11 is 0. The summed E-state index contributed by atoms with van der Waals surface area (Å²) in [6.07, 6.45) is 2.87. The molecule has 0 aromatic heterocycles. The Hall–Kier alpha value is -1.65. The molecule has 0 spiro atoms. The average molecular weight is 248 g/mol. The monoisotopic (exact) mass is 248 g/mol. The van der Waals surface area contributed by atoms with E-state index in [0.29, 0.717) is 13.2 Å². The molecular formula is C14H16O4. The van der Waals surface area contributed by atoms with E-state index in [1.165, 1.54) is 6.92 Å². The lowest BCUT2D eigenvalue weighted by Crippen LogP contribution is -2.29. The molecule has 0 unspecified atom stereocenters. The van der Waals surface area contributed by atoms with E-state index in [0.717, 1.165) is 5.56 Å². The largest absolute Gasteiger partial charge is 0.456 e. The van der Waals surface area contributed by atoms with Crippen molar-refractivity contribution in [2.75, 3.05) is 6.61 Å². The number of benzene rings is 1. The highest BCUT2D eigenvalue weighted by Crippen LogP contribution is 2.12. The van der Waals surface area contributed by atoms with Crippen LogP contribution in [-0.4, -0.2) is 25.0 Å². The van der Waals surface area contributed by atoms with Crippen molar-refractivity contribution in [2.24, 2.45) is 0 Å². The first-order valence-electron chi connectivity index (χ1n) is 5.87. The molecule has 1 aliphatic heterocycles. The van der Waals surface area contributed by atoms with Crippen molar-refractivity contribution in [3.8, 4) is 0 Å². The zero-order chi connectivity index (χ0) is 12.8. The Morgan fingerprint density at radius 1 is 1.33 bits per heavy atom. The first-order chi connectivity index (χ1) is 8.74. The summed E-state index contributed by atoms with van der Waals surface area (Å²) in [7, 11) is 0. The minimum absolute atomic E-state index is 0.306. The van der Waals surface area contributed by atoms with Gasteiger partial charge in [-0.05, 0) is 17.7 Å². The van der Waals surface area contributed by atoms with E-state index < -0.39 is 0 Å². The van der Waals surface area contributed by atoms with Crippen molar-refractivity contribution in [3.63, 3.8) is 0 Å². The first kappa shape index (κ1) is 12.8. The third kappa shape index (κ3) is 3.98. The zero-order valence-electron chi connectivity index (χ0n) is 10.2. The van der Waals surface area contributed by atoms with Crippen LogP contribution in [-0.2, 0) is 25.6 Å². The van der Waals surface area contributed by atoms with Crippen LogP contribution in [0.2, 0.25) is 0 Å². The van der Waals surface area contributed by atoms with Crippen molar-refractivity contribution in [1.82, 2.24) is 0 Å². The van der Waals surface area contributed by atoms with Crippen LogP contribution in [0.5, 0.6) is 0 Å². The smallest absolute Gasteiger partial charge is 0.303 e. The van der Waals surface area contributed by atoms with Gasteiger partial charge in [-0.2, -0.15) is 0 Å². The summed E-state index contributed by atoms with van der Waals surface area (Å²) in [6, 6.07) is 9.88. The van der Waals surface area contributed by atoms with Crippen LogP contribution in [0.1, 0.15) is 12.5 Å². The minimum atomic E-state index is -0.378. The molecular weight excluding hydrogens is 232 g/mol. The summed E-state index contributed by atoms with van der Waals surface area (Å²) in [6.45, 7) is 2.20. The van der Waals surface area contributed by atoms with Gasteiger partial charge in [0.25, 0.3) is 0 Å². The second kappa shape index (κ2) is 6.33. The van der Waals surface area contributed by atoms with E-state index in [-0.39, 0.29) is 18.4 Å². The molecule has 18 heavy (non-hydrogen) atoms. The second-order valence-corrected chi connectivity index (χ2v) is 4.03. The fourth-order valence-electron chi connectivity index (χ4n) is 1.66. The maximum atomic E-state index is 10.8. The molecule has 0 amide bonds. The van der Waals surface area contributed by atoms with Gasteiger partial charge in [0.05, 0.1) is 13.2 Å². The molecule has 2 rings (SSSR count). The number of carbonyl (C=O) groups excluding carboxylic acids is 1. The molecule has 0 N–H and O–H groups in total.